The first-order valence-electron chi connectivity index (χ1n) is 14.8. The molecule has 196 valence electrons. The molecular formula is C34H51N2+. The molecule has 0 spiro atoms. The van der Waals surface area contributed by atoms with Gasteiger partial charge in [-0.15, -0.1) is 0 Å². The quantitative estimate of drug-likeness (QED) is 0.136. The van der Waals surface area contributed by atoms with E-state index in [2.05, 4.69) is 103 Å². The minimum Gasteiger partial charge on any atom is -0.247 e. The second-order valence-corrected chi connectivity index (χ2v) is 11.0. The summed E-state index contributed by atoms with van der Waals surface area (Å²) in [6, 6.07) is 22.2. The molecular weight excluding hydrogens is 436 g/mol. The summed E-state index contributed by atoms with van der Waals surface area (Å²) < 4.78 is 2.51. The van der Waals surface area contributed by atoms with Gasteiger partial charge in [0.05, 0.1) is 12.5 Å². The van der Waals surface area contributed by atoms with Gasteiger partial charge in [0.25, 0.3) is 5.82 Å². The number of unbranched alkanes of at least 4 members (excludes halogenated alkanes) is 10. The van der Waals surface area contributed by atoms with Gasteiger partial charge in [0.15, 0.2) is 0 Å². The van der Waals surface area contributed by atoms with Crippen molar-refractivity contribution in [3.63, 3.8) is 0 Å². The Morgan fingerprint density at radius 1 is 0.722 bits per heavy atom. The number of nitrogens with zero attached hydrogens (tertiary/aromatic N) is 1. The Morgan fingerprint density at radius 2 is 1.28 bits per heavy atom. The van der Waals surface area contributed by atoms with Crippen molar-refractivity contribution >= 4 is 0 Å². The van der Waals surface area contributed by atoms with Gasteiger partial charge >= 0.3 is 0 Å². The predicted molar refractivity (Wildman–Crippen MR) is 154 cm³/mol. The molecule has 0 aliphatic rings. The normalized spacial score (nSPS) is 14.0. The molecule has 2 heteroatoms. The molecule has 0 aliphatic heterocycles. The van der Waals surface area contributed by atoms with E-state index in [0.29, 0.717) is 5.92 Å². The Morgan fingerprint density at radius 3 is 1.86 bits per heavy atom. The van der Waals surface area contributed by atoms with Gasteiger partial charge in [-0.05, 0) is 36.8 Å². The lowest BCUT2D eigenvalue weighted by molar-refractivity contribution is -0.705. The van der Waals surface area contributed by atoms with Crippen molar-refractivity contribution in [3.05, 3.63) is 90.0 Å². The number of benzene rings is 2. The average molecular weight is 488 g/mol. The summed E-state index contributed by atoms with van der Waals surface area (Å²) in [6.07, 6.45) is 21.8. The first-order chi connectivity index (χ1) is 17.7. The molecule has 2 aromatic carbocycles. The van der Waals surface area contributed by atoms with Crippen LogP contribution in [0.4, 0.5) is 0 Å². The van der Waals surface area contributed by atoms with Crippen LogP contribution in [-0.4, -0.2) is 4.98 Å². The summed E-state index contributed by atoms with van der Waals surface area (Å²) in [5.41, 5.74) is 2.85. The molecule has 2 nitrogen and oxygen atoms in total. The van der Waals surface area contributed by atoms with E-state index in [1.165, 1.54) is 87.6 Å². The number of hydrogen-bond acceptors (Lipinski definition) is 0. The number of hydrogen-bond donors (Lipinski definition) is 1. The van der Waals surface area contributed by atoms with Crippen LogP contribution in [0.3, 0.4) is 0 Å². The van der Waals surface area contributed by atoms with Crippen LogP contribution in [0.1, 0.15) is 121 Å². The number of imidazole rings is 1. The van der Waals surface area contributed by atoms with Crippen LogP contribution in [0.5, 0.6) is 0 Å². The van der Waals surface area contributed by atoms with E-state index < -0.39 is 0 Å². The van der Waals surface area contributed by atoms with Crippen molar-refractivity contribution in [2.45, 2.75) is 122 Å². The predicted octanol–water partition coefficient (Wildman–Crippen LogP) is 9.31. The first-order valence-corrected chi connectivity index (χ1v) is 14.8. The Kier molecular flexibility index (Phi) is 12.3. The van der Waals surface area contributed by atoms with E-state index >= 15 is 0 Å². The highest BCUT2D eigenvalue weighted by atomic mass is 15.1. The molecule has 2 atom stereocenters. The fraction of sp³-hybridized carbons (Fsp3) is 0.559. The molecule has 0 bridgehead atoms. The number of nitrogens with one attached hydrogen (secondary N) is 1. The molecule has 1 N–H and O–H groups in total. The molecule has 0 saturated carbocycles. The Bertz CT molecular complexity index is 946. The minimum absolute atomic E-state index is 0.0150. The van der Waals surface area contributed by atoms with Gasteiger partial charge in [0.1, 0.15) is 12.4 Å². The summed E-state index contributed by atoms with van der Waals surface area (Å²) in [7, 11) is 0. The lowest BCUT2D eigenvalue weighted by Crippen LogP contribution is -2.43. The minimum atomic E-state index is 0.0150. The summed E-state index contributed by atoms with van der Waals surface area (Å²) in [5, 5.41) is 0. The summed E-state index contributed by atoms with van der Waals surface area (Å²) in [6.45, 7) is 8.23. The largest absolute Gasteiger partial charge is 0.258 e. The van der Waals surface area contributed by atoms with Crippen LogP contribution < -0.4 is 4.57 Å². The molecule has 2 unspecified atom stereocenters. The second kappa shape index (κ2) is 15.7. The Labute approximate surface area is 221 Å². The number of aromatic nitrogens is 2. The number of rotatable bonds is 18. The molecule has 0 amide bonds. The summed E-state index contributed by atoms with van der Waals surface area (Å²) in [5.74, 6) is 1.80. The molecule has 1 heterocycles. The molecule has 0 aliphatic carbocycles. The van der Waals surface area contributed by atoms with Crippen molar-refractivity contribution in [1.82, 2.24) is 4.98 Å². The van der Waals surface area contributed by atoms with Crippen LogP contribution in [0, 0.1) is 0 Å². The van der Waals surface area contributed by atoms with E-state index in [1.54, 1.807) is 0 Å². The summed E-state index contributed by atoms with van der Waals surface area (Å²) in [4.78, 5) is 3.67. The van der Waals surface area contributed by atoms with Crippen LogP contribution >= 0.6 is 0 Å². The van der Waals surface area contributed by atoms with Crippen LogP contribution in [0.25, 0.3) is 0 Å². The zero-order valence-electron chi connectivity index (χ0n) is 23.4. The zero-order chi connectivity index (χ0) is 25.5. The molecule has 0 saturated heterocycles. The van der Waals surface area contributed by atoms with Gasteiger partial charge in [0, 0.05) is 5.41 Å². The number of aryl methyl sites for hydroxylation is 1. The topological polar surface area (TPSA) is 19.7 Å². The lowest BCUT2D eigenvalue weighted by atomic mass is 9.66. The van der Waals surface area contributed by atoms with Crippen LogP contribution in [0.15, 0.2) is 73.1 Å². The van der Waals surface area contributed by atoms with Gasteiger partial charge in [-0.25, -0.2) is 9.55 Å². The lowest BCUT2D eigenvalue weighted by Gasteiger charge is -2.36. The Balaban J connectivity index is 1.59. The number of aromatic amines is 1. The monoisotopic (exact) mass is 487 g/mol. The maximum Gasteiger partial charge on any atom is 0.258 e. The Hall–Kier alpha value is -2.35. The molecule has 3 aromatic rings. The van der Waals surface area contributed by atoms with Gasteiger partial charge in [-0.3, -0.25) is 0 Å². The van der Waals surface area contributed by atoms with Gasteiger partial charge in [0.2, 0.25) is 0 Å². The van der Waals surface area contributed by atoms with Crippen molar-refractivity contribution in [1.29, 1.82) is 0 Å². The van der Waals surface area contributed by atoms with E-state index in [9.17, 15) is 0 Å². The first kappa shape index (κ1) is 28.2. The molecule has 3 rings (SSSR count). The third-order valence-corrected chi connectivity index (χ3v) is 8.15. The van der Waals surface area contributed by atoms with E-state index in [0.717, 1.165) is 19.4 Å². The van der Waals surface area contributed by atoms with Crippen LogP contribution in [0.2, 0.25) is 0 Å². The standard InChI is InChI=1S/C34H50N2/c1-4-6-7-8-9-10-11-12-13-14-21-27-36-28-26-35-33(36)32(5-2)34(3,31-24-19-16-20-25-31)29-30-22-17-15-18-23-30/h15-20,22-26,28,32H,4-14,21,27,29H2,1-3H3/p+1. The molecule has 1 aromatic heterocycles. The highest BCUT2D eigenvalue weighted by molar-refractivity contribution is 5.32. The zero-order valence-corrected chi connectivity index (χ0v) is 23.4. The van der Waals surface area contributed by atoms with Gasteiger partial charge in [-0.2, -0.15) is 0 Å². The van der Waals surface area contributed by atoms with Gasteiger partial charge < -0.3 is 0 Å². The van der Waals surface area contributed by atoms with Crippen molar-refractivity contribution in [2.75, 3.05) is 0 Å². The SMILES string of the molecule is CCCCCCCCCCCCC[n+]1cc[nH]c1C(CC)C(C)(Cc1ccccc1)c1ccccc1. The smallest absolute Gasteiger partial charge is 0.247 e. The van der Waals surface area contributed by atoms with E-state index in [-0.39, 0.29) is 5.41 Å². The van der Waals surface area contributed by atoms with E-state index in [1.807, 2.05) is 0 Å². The fourth-order valence-electron chi connectivity index (χ4n) is 6.03. The highest BCUT2D eigenvalue weighted by Crippen LogP contribution is 2.42. The maximum atomic E-state index is 3.67. The van der Waals surface area contributed by atoms with Crippen LogP contribution in [-0.2, 0) is 18.4 Å². The molecule has 0 radical (unpaired) electrons. The fourth-order valence-corrected chi connectivity index (χ4v) is 6.03. The van der Waals surface area contributed by atoms with Crippen molar-refractivity contribution < 1.29 is 4.57 Å². The van der Waals surface area contributed by atoms with Gasteiger partial charge in [-0.1, -0.05) is 139 Å². The van der Waals surface area contributed by atoms with Crippen molar-refractivity contribution in [2.24, 2.45) is 0 Å². The highest BCUT2D eigenvalue weighted by Gasteiger charge is 2.41. The molecule has 36 heavy (non-hydrogen) atoms. The number of H-pyrrole nitrogens is 1. The third-order valence-electron chi connectivity index (χ3n) is 8.15. The maximum absolute atomic E-state index is 3.67. The van der Waals surface area contributed by atoms with E-state index in [4.69, 9.17) is 0 Å². The molecule has 0 fully saturated rings. The van der Waals surface area contributed by atoms with Crippen molar-refractivity contribution in [3.8, 4) is 0 Å². The summed E-state index contributed by atoms with van der Waals surface area (Å²) >= 11 is 0. The average Bonchev–Trinajstić information content (AvgIpc) is 3.36. The third kappa shape index (κ3) is 8.36. The second-order valence-electron chi connectivity index (χ2n) is 11.0.